The van der Waals surface area contributed by atoms with E-state index in [2.05, 4.69) is 76.4 Å². The van der Waals surface area contributed by atoms with E-state index in [1.165, 1.54) is 22.4 Å². The van der Waals surface area contributed by atoms with Crippen LogP contribution in [0.5, 0.6) is 0 Å². The molecule has 1 aromatic heterocycles. The average Bonchev–Trinajstić information content (AvgIpc) is 2.77. The maximum Gasteiger partial charge on any atom is 0.245 e. The van der Waals surface area contributed by atoms with Crippen molar-refractivity contribution in [2.75, 3.05) is 41.3 Å². The van der Waals surface area contributed by atoms with Gasteiger partial charge in [0, 0.05) is 31.9 Å². The van der Waals surface area contributed by atoms with E-state index in [1.54, 1.807) is 6.20 Å². The first-order valence-corrected chi connectivity index (χ1v) is 10.2. The number of hydrogen-bond donors (Lipinski definition) is 1. The summed E-state index contributed by atoms with van der Waals surface area (Å²) in [5.74, 6) is 1.44. The second kappa shape index (κ2) is 8.47. The summed E-state index contributed by atoms with van der Waals surface area (Å²) in [7, 11) is 0. The number of piperazine rings is 1. The zero-order valence-electron chi connectivity index (χ0n) is 17.3. The van der Waals surface area contributed by atoms with Crippen molar-refractivity contribution >= 4 is 17.5 Å². The normalized spacial score (nSPS) is 15.3. The molecule has 1 aliphatic heterocycles. The molecule has 0 saturated carbocycles. The molecule has 2 heterocycles. The summed E-state index contributed by atoms with van der Waals surface area (Å²) >= 11 is 0. The van der Waals surface area contributed by atoms with Gasteiger partial charge in [-0.2, -0.15) is 10.1 Å². The average molecular weight is 389 g/mol. The SMILES string of the molecule is Cc1cccc(N2CCN(c3cnnc(NC(C)c4ccccc4)n3)CC2)c1C. The Morgan fingerprint density at radius 3 is 2.38 bits per heavy atom. The van der Waals surface area contributed by atoms with E-state index in [-0.39, 0.29) is 6.04 Å². The van der Waals surface area contributed by atoms with Crippen molar-refractivity contribution in [3.05, 3.63) is 71.4 Å². The fourth-order valence-electron chi connectivity index (χ4n) is 3.78. The Balaban J connectivity index is 1.41. The Kier molecular flexibility index (Phi) is 5.60. The van der Waals surface area contributed by atoms with Crippen molar-refractivity contribution in [1.29, 1.82) is 0 Å². The minimum absolute atomic E-state index is 0.120. The van der Waals surface area contributed by atoms with Gasteiger partial charge in [-0.25, -0.2) is 0 Å². The van der Waals surface area contributed by atoms with Crippen LogP contribution < -0.4 is 15.1 Å². The van der Waals surface area contributed by atoms with Crippen molar-refractivity contribution in [2.45, 2.75) is 26.8 Å². The molecule has 1 N–H and O–H groups in total. The van der Waals surface area contributed by atoms with Gasteiger partial charge >= 0.3 is 0 Å². The largest absolute Gasteiger partial charge is 0.368 e. The van der Waals surface area contributed by atoms with E-state index in [1.807, 2.05) is 18.2 Å². The van der Waals surface area contributed by atoms with Crippen LogP contribution in [0.3, 0.4) is 0 Å². The number of anilines is 3. The third kappa shape index (κ3) is 4.31. The van der Waals surface area contributed by atoms with Crippen LogP contribution in [-0.4, -0.2) is 41.4 Å². The molecule has 4 rings (SSSR count). The fourth-order valence-corrected chi connectivity index (χ4v) is 3.78. The molecule has 0 aliphatic carbocycles. The van der Waals surface area contributed by atoms with Crippen molar-refractivity contribution in [3.8, 4) is 0 Å². The van der Waals surface area contributed by atoms with Gasteiger partial charge in [0.25, 0.3) is 0 Å². The van der Waals surface area contributed by atoms with E-state index in [0.29, 0.717) is 5.95 Å². The van der Waals surface area contributed by atoms with Gasteiger partial charge in [0.2, 0.25) is 5.95 Å². The van der Waals surface area contributed by atoms with Crippen LogP contribution >= 0.6 is 0 Å². The van der Waals surface area contributed by atoms with Crippen molar-refractivity contribution in [3.63, 3.8) is 0 Å². The lowest BCUT2D eigenvalue weighted by Gasteiger charge is -2.37. The lowest BCUT2D eigenvalue weighted by molar-refractivity contribution is 0.643. The monoisotopic (exact) mass is 388 g/mol. The Labute approximate surface area is 172 Å². The molecule has 150 valence electrons. The first-order chi connectivity index (χ1) is 14.1. The maximum absolute atomic E-state index is 4.71. The summed E-state index contributed by atoms with van der Waals surface area (Å²) in [6.07, 6.45) is 1.76. The molecule has 1 aliphatic rings. The number of hydrogen-bond acceptors (Lipinski definition) is 6. The summed E-state index contributed by atoms with van der Waals surface area (Å²) in [5, 5.41) is 11.7. The van der Waals surface area contributed by atoms with Crippen LogP contribution in [0.25, 0.3) is 0 Å². The molecule has 3 aromatic rings. The molecule has 1 saturated heterocycles. The second-order valence-electron chi connectivity index (χ2n) is 7.61. The first kappa shape index (κ1) is 19.2. The third-order valence-corrected chi connectivity index (χ3v) is 5.71. The van der Waals surface area contributed by atoms with Crippen LogP contribution in [0.1, 0.15) is 29.7 Å². The summed E-state index contributed by atoms with van der Waals surface area (Å²) < 4.78 is 0. The highest BCUT2D eigenvalue weighted by Crippen LogP contribution is 2.25. The summed E-state index contributed by atoms with van der Waals surface area (Å²) in [6, 6.07) is 17.0. The van der Waals surface area contributed by atoms with Crippen LogP contribution in [-0.2, 0) is 0 Å². The second-order valence-corrected chi connectivity index (χ2v) is 7.61. The van der Waals surface area contributed by atoms with Crippen LogP contribution in [0.2, 0.25) is 0 Å². The van der Waals surface area contributed by atoms with Crippen molar-refractivity contribution < 1.29 is 0 Å². The van der Waals surface area contributed by atoms with E-state index in [9.17, 15) is 0 Å². The molecular formula is C23H28N6. The van der Waals surface area contributed by atoms with Gasteiger partial charge in [-0.05, 0) is 43.5 Å². The first-order valence-electron chi connectivity index (χ1n) is 10.2. The van der Waals surface area contributed by atoms with Crippen LogP contribution in [0.15, 0.2) is 54.7 Å². The van der Waals surface area contributed by atoms with E-state index in [0.717, 1.165) is 32.0 Å². The quantitative estimate of drug-likeness (QED) is 0.713. The molecule has 29 heavy (non-hydrogen) atoms. The zero-order valence-corrected chi connectivity index (χ0v) is 17.3. The molecule has 6 heteroatoms. The van der Waals surface area contributed by atoms with Gasteiger partial charge in [0.15, 0.2) is 5.82 Å². The van der Waals surface area contributed by atoms with Gasteiger partial charge in [-0.3, -0.25) is 0 Å². The topological polar surface area (TPSA) is 57.2 Å². The lowest BCUT2D eigenvalue weighted by Crippen LogP contribution is -2.47. The third-order valence-electron chi connectivity index (χ3n) is 5.71. The molecule has 0 spiro atoms. The van der Waals surface area contributed by atoms with E-state index < -0.39 is 0 Å². The molecule has 6 nitrogen and oxygen atoms in total. The molecule has 1 fully saturated rings. The van der Waals surface area contributed by atoms with Crippen LogP contribution in [0.4, 0.5) is 17.5 Å². The van der Waals surface area contributed by atoms with Gasteiger partial charge in [0.05, 0.1) is 12.2 Å². The highest BCUT2D eigenvalue weighted by Gasteiger charge is 2.20. The van der Waals surface area contributed by atoms with Gasteiger partial charge in [-0.1, -0.05) is 42.5 Å². The molecule has 0 bridgehead atoms. The maximum atomic E-state index is 4.71. The summed E-state index contributed by atoms with van der Waals surface area (Å²) in [5.41, 5.74) is 5.24. The predicted molar refractivity (Wildman–Crippen MR) is 119 cm³/mol. The number of nitrogens with zero attached hydrogens (tertiary/aromatic N) is 5. The Hall–Kier alpha value is -3.15. The number of rotatable bonds is 5. The van der Waals surface area contributed by atoms with E-state index in [4.69, 9.17) is 4.98 Å². The highest BCUT2D eigenvalue weighted by molar-refractivity contribution is 5.57. The van der Waals surface area contributed by atoms with Crippen LogP contribution in [0, 0.1) is 13.8 Å². The minimum atomic E-state index is 0.120. The zero-order chi connectivity index (χ0) is 20.2. The molecule has 1 unspecified atom stereocenters. The van der Waals surface area contributed by atoms with Gasteiger partial charge in [-0.15, -0.1) is 5.10 Å². The highest BCUT2D eigenvalue weighted by atomic mass is 15.3. The Morgan fingerprint density at radius 1 is 0.897 bits per heavy atom. The fraction of sp³-hybridized carbons (Fsp3) is 0.348. The molecular weight excluding hydrogens is 360 g/mol. The lowest BCUT2D eigenvalue weighted by atomic mass is 10.1. The minimum Gasteiger partial charge on any atom is -0.368 e. The Bertz CT molecular complexity index is 951. The van der Waals surface area contributed by atoms with Gasteiger partial charge in [0.1, 0.15) is 0 Å². The number of benzene rings is 2. The standard InChI is InChI=1S/C23H28N6/c1-17-8-7-11-21(18(17)2)28-12-14-29(15-13-28)22-16-24-27-23(26-22)25-19(3)20-9-5-4-6-10-20/h4-11,16,19H,12-15H2,1-3H3,(H,25,26,27). The van der Waals surface area contributed by atoms with Gasteiger partial charge < -0.3 is 15.1 Å². The number of aryl methyl sites for hydroxylation is 1. The summed E-state index contributed by atoms with van der Waals surface area (Å²) in [6.45, 7) is 10.3. The number of nitrogens with one attached hydrogen (secondary N) is 1. The molecule has 2 aromatic carbocycles. The van der Waals surface area contributed by atoms with Crippen molar-refractivity contribution in [2.24, 2.45) is 0 Å². The predicted octanol–water partition coefficient (Wildman–Crippen LogP) is 3.99. The Morgan fingerprint density at radius 2 is 1.62 bits per heavy atom. The van der Waals surface area contributed by atoms with Crippen molar-refractivity contribution in [1.82, 2.24) is 15.2 Å². The summed E-state index contributed by atoms with van der Waals surface area (Å²) in [4.78, 5) is 9.46. The van der Waals surface area contributed by atoms with E-state index >= 15 is 0 Å². The molecule has 1 atom stereocenters. The number of aromatic nitrogens is 3. The smallest absolute Gasteiger partial charge is 0.245 e. The molecule has 0 radical (unpaired) electrons. The molecule has 0 amide bonds.